The number of nitrogens with one attached hydrogen (secondary N) is 1. The van der Waals surface area contributed by atoms with Gasteiger partial charge in [0.25, 0.3) is 0 Å². The molecule has 1 rings (SSSR count). The van der Waals surface area contributed by atoms with Gasteiger partial charge in [-0.05, 0) is 44.9 Å². The highest BCUT2D eigenvalue weighted by molar-refractivity contribution is 5.75. The molecular formula is C14H27NO2. The summed E-state index contributed by atoms with van der Waals surface area (Å²) in [5.41, 5.74) is 0. The van der Waals surface area contributed by atoms with Gasteiger partial charge in [0.15, 0.2) is 0 Å². The topological polar surface area (TPSA) is 38.3 Å². The predicted octanol–water partition coefficient (Wildman–Crippen LogP) is 2.74. The molecule has 0 bridgehead atoms. The first-order valence-corrected chi connectivity index (χ1v) is 6.94. The second-order valence-corrected chi connectivity index (χ2v) is 5.48. The van der Waals surface area contributed by atoms with Gasteiger partial charge in [-0.15, -0.1) is 0 Å². The first kappa shape index (κ1) is 14.5. The lowest BCUT2D eigenvalue weighted by molar-refractivity contribution is -0.121. The molecule has 0 heterocycles. The third-order valence-corrected chi connectivity index (χ3v) is 3.69. The monoisotopic (exact) mass is 241 g/mol. The maximum absolute atomic E-state index is 11.2. The van der Waals surface area contributed by atoms with Gasteiger partial charge < -0.3 is 10.1 Å². The highest BCUT2D eigenvalue weighted by Crippen LogP contribution is 2.31. The van der Waals surface area contributed by atoms with E-state index in [2.05, 4.69) is 19.2 Å². The molecule has 0 aliphatic heterocycles. The van der Waals surface area contributed by atoms with Crippen molar-refractivity contribution >= 4 is 5.91 Å². The first-order valence-electron chi connectivity index (χ1n) is 6.94. The molecule has 1 amide bonds. The van der Waals surface area contributed by atoms with E-state index in [1.165, 1.54) is 25.7 Å². The van der Waals surface area contributed by atoms with Crippen molar-refractivity contribution in [1.29, 1.82) is 0 Å². The molecule has 1 aliphatic rings. The van der Waals surface area contributed by atoms with Crippen molar-refractivity contribution in [1.82, 2.24) is 5.32 Å². The summed E-state index contributed by atoms with van der Waals surface area (Å²) < 4.78 is 5.67. The molecule has 100 valence electrons. The average molecular weight is 241 g/mol. The van der Waals surface area contributed by atoms with E-state index in [9.17, 15) is 4.79 Å². The minimum atomic E-state index is 0.176. The standard InChI is InChI=1S/C14H27NO2/c1-11(2)17-10-13-6-4-12(5-7-13)8-9-14(16)15-3/h11-13H,4-10H2,1-3H3,(H,15,16). The minimum absolute atomic E-state index is 0.176. The number of rotatable bonds is 6. The highest BCUT2D eigenvalue weighted by atomic mass is 16.5. The first-order chi connectivity index (χ1) is 8.11. The van der Waals surface area contributed by atoms with E-state index < -0.39 is 0 Å². The second-order valence-electron chi connectivity index (χ2n) is 5.48. The van der Waals surface area contributed by atoms with Crippen LogP contribution in [-0.4, -0.2) is 25.7 Å². The van der Waals surface area contributed by atoms with Crippen LogP contribution in [0.25, 0.3) is 0 Å². The minimum Gasteiger partial charge on any atom is -0.379 e. The third-order valence-electron chi connectivity index (χ3n) is 3.69. The zero-order chi connectivity index (χ0) is 12.7. The van der Waals surface area contributed by atoms with Gasteiger partial charge in [-0.2, -0.15) is 0 Å². The summed E-state index contributed by atoms with van der Waals surface area (Å²) in [6.45, 7) is 5.10. The second kappa shape index (κ2) is 7.70. The molecule has 0 spiro atoms. The summed E-state index contributed by atoms with van der Waals surface area (Å²) in [4.78, 5) is 11.2. The van der Waals surface area contributed by atoms with Gasteiger partial charge in [-0.3, -0.25) is 4.79 Å². The molecule has 3 nitrogen and oxygen atoms in total. The van der Waals surface area contributed by atoms with Gasteiger partial charge in [-0.25, -0.2) is 0 Å². The predicted molar refractivity (Wildman–Crippen MR) is 69.8 cm³/mol. The summed E-state index contributed by atoms with van der Waals surface area (Å²) in [5, 5.41) is 2.69. The van der Waals surface area contributed by atoms with Crippen LogP contribution in [0.4, 0.5) is 0 Å². The fraction of sp³-hybridized carbons (Fsp3) is 0.929. The lowest BCUT2D eigenvalue weighted by Crippen LogP contribution is -2.22. The third kappa shape index (κ3) is 6.06. The fourth-order valence-electron chi connectivity index (χ4n) is 2.48. The van der Waals surface area contributed by atoms with Crippen molar-refractivity contribution in [3.63, 3.8) is 0 Å². The molecule has 1 saturated carbocycles. The number of carbonyl (C=O) groups is 1. The number of carbonyl (C=O) groups excluding carboxylic acids is 1. The van der Waals surface area contributed by atoms with Crippen molar-refractivity contribution in [2.45, 2.75) is 58.5 Å². The molecule has 0 aromatic heterocycles. The van der Waals surface area contributed by atoms with E-state index in [1.54, 1.807) is 7.05 Å². The largest absolute Gasteiger partial charge is 0.379 e. The molecule has 0 unspecified atom stereocenters. The summed E-state index contributed by atoms with van der Waals surface area (Å²) in [7, 11) is 1.71. The normalized spacial score (nSPS) is 24.9. The van der Waals surface area contributed by atoms with Gasteiger partial charge in [0.1, 0.15) is 0 Å². The molecule has 0 aromatic rings. The van der Waals surface area contributed by atoms with E-state index >= 15 is 0 Å². The fourth-order valence-corrected chi connectivity index (χ4v) is 2.48. The molecule has 3 heteroatoms. The van der Waals surface area contributed by atoms with Gasteiger partial charge in [0, 0.05) is 20.1 Å². The molecule has 0 radical (unpaired) electrons. The highest BCUT2D eigenvalue weighted by Gasteiger charge is 2.21. The Balaban J connectivity index is 2.11. The smallest absolute Gasteiger partial charge is 0.219 e. The van der Waals surface area contributed by atoms with Crippen LogP contribution in [0.3, 0.4) is 0 Å². The van der Waals surface area contributed by atoms with Crippen LogP contribution in [-0.2, 0) is 9.53 Å². The Hall–Kier alpha value is -0.570. The van der Waals surface area contributed by atoms with E-state index in [0.717, 1.165) is 24.9 Å². The van der Waals surface area contributed by atoms with Crippen molar-refractivity contribution in [2.75, 3.05) is 13.7 Å². The van der Waals surface area contributed by atoms with E-state index in [0.29, 0.717) is 12.5 Å². The van der Waals surface area contributed by atoms with Gasteiger partial charge >= 0.3 is 0 Å². The van der Waals surface area contributed by atoms with Crippen LogP contribution in [0.5, 0.6) is 0 Å². The van der Waals surface area contributed by atoms with E-state index in [4.69, 9.17) is 4.74 Å². The van der Waals surface area contributed by atoms with Crippen molar-refractivity contribution < 1.29 is 9.53 Å². The van der Waals surface area contributed by atoms with Crippen LogP contribution in [0.15, 0.2) is 0 Å². The Bertz CT molecular complexity index is 220. The van der Waals surface area contributed by atoms with Gasteiger partial charge in [-0.1, -0.05) is 12.8 Å². The van der Waals surface area contributed by atoms with Crippen LogP contribution in [0.1, 0.15) is 52.4 Å². The van der Waals surface area contributed by atoms with Crippen molar-refractivity contribution in [2.24, 2.45) is 11.8 Å². The molecular weight excluding hydrogens is 214 g/mol. The quantitative estimate of drug-likeness (QED) is 0.776. The Labute approximate surface area is 105 Å². The van der Waals surface area contributed by atoms with Crippen LogP contribution in [0.2, 0.25) is 0 Å². The summed E-state index contributed by atoms with van der Waals surface area (Å²) in [6, 6.07) is 0. The van der Waals surface area contributed by atoms with E-state index in [1.807, 2.05) is 0 Å². The van der Waals surface area contributed by atoms with E-state index in [-0.39, 0.29) is 5.91 Å². The number of ether oxygens (including phenoxy) is 1. The zero-order valence-corrected chi connectivity index (χ0v) is 11.5. The molecule has 0 atom stereocenters. The van der Waals surface area contributed by atoms with Crippen LogP contribution < -0.4 is 5.32 Å². The summed E-state index contributed by atoms with van der Waals surface area (Å²) in [6.07, 6.45) is 7.16. The molecule has 0 saturated heterocycles. The number of hydrogen-bond acceptors (Lipinski definition) is 2. The Morgan fingerprint density at radius 2 is 1.82 bits per heavy atom. The van der Waals surface area contributed by atoms with Crippen molar-refractivity contribution in [3.05, 3.63) is 0 Å². The molecule has 0 aromatic carbocycles. The lowest BCUT2D eigenvalue weighted by Gasteiger charge is -2.28. The van der Waals surface area contributed by atoms with Gasteiger partial charge in [0.05, 0.1) is 6.10 Å². The Morgan fingerprint density at radius 3 is 2.35 bits per heavy atom. The van der Waals surface area contributed by atoms with Crippen molar-refractivity contribution in [3.8, 4) is 0 Å². The number of hydrogen-bond donors (Lipinski definition) is 1. The summed E-state index contributed by atoms with van der Waals surface area (Å²) in [5.74, 6) is 1.67. The lowest BCUT2D eigenvalue weighted by atomic mass is 9.80. The maximum Gasteiger partial charge on any atom is 0.219 e. The van der Waals surface area contributed by atoms with Crippen LogP contribution >= 0.6 is 0 Å². The maximum atomic E-state index is 11.2. The average Bonchev–Trinajstić information content (AvgIpc) is 2.34. The SMILES string of the molecule is CNC(=O)CCC1CCC(COC(C)C)CC1. The van der Waals surface area contributed by atoms with Crippen LogP contribution in [0, 0.1) is 11.8 Å². The molecule has 1 aliphatic carbocycles. The molecule has 1 fully saturated rings. The Kier molecular flexibility index (Phi) is 6.56. The molecule has 1 N–H and O–H groups in total. The Morgan fingerprint density at radius 1 is 1.24 bits per heavy atom. The van der Waals surface area contributed by atoms with Gasteiger partial charge in [0.2, 0.25) is 5.91 Å². The zero-order valence-electron chi connectivity index (χ0n) is 11.5. The number of amides is 1. The molecule has 17 heavy (non-hydrogen) atoms. The summed E-state index contributed by atoms with van der Waals surface area (Å²) >= 11 is 0.